The number of carbonyl (C=O) groups is 1. The molecule has 1 unspecified atom stereocenters. The molecule has 3 heterocycles. The molecule has 6 nitrogen and oxygen atoms in total. The Morgan fingerprint density at radius 3 is 2.96 bits per heavy atom. The van der Waals surface area contributed by atoms with Crippen molar-refractivity contribution in [1.29, 1.82) is 0 Å². The number of carbonyl (C=O) groups excluding carboxylic acids is 1. The smallest absolute Gasteiger partial charge is 0.273 e. The number of benzene rings is 1. The van der Waals surface area contributed by atoms with Crippen LogP contribution >= 0.6 is 11.3 Å². The zero-order valence-corrected chi connectivity index (χ0v) is 14.7. The average Bonchev–Trinajstić information content (AvgIpc) is 3.31. The summed E-state index contributed by atoms with van der Waals surface area (Å²) < 4.78 is 1.82. The monoisotopic (exact) mass is 353 g/mol. The summed E-state index contributed by atoms with van der Waals surface area (Å²) >= 11 is 1.48. The Hall–Kier alpha value is -2.51. The Bertz CT molecular complexity index is 872. The predicted octanol–water partition coefficient (Wildman–Crippen LogP) is 2.43. The highest BCUT2D eigenvalue weighted by molar-refractivity contribution is 7.13. The minimum atomic E-state index is 0.00583. The highest BCUT2D eigenvalue weighted by atomic mass is 32.1. The fraction of sp³-hybridized carbons (Fsp3) is 0.278. The maximum absolute atomic E-state index is 12.6. The zero-order valence-electron chi connectivity index (χ0n) is 13.9. The zero-order chi connectivity index (χ0) is 17.2. The molecule has 1 amide bonds. The molecule has 7 heteroatoms. The first-order valence-corrected chi connectivity index (χ1v) is 9.17. The number of hydrogen-bond donors (Lipinski definition) is 1. The highest BCUT2D eigenvalue weighted by Crippen LogP contribution is 2.25. The van der Waals surface area contributed by atoms with Crippen molar-refractivity contribution < 1.29 is 4.79 Å². The molecule has 1 atom stereocenters. The van der Waals surface area contributed by atoms with Gasteiger partial charge in [-0.3, -0.25) is 4.79 Å². The minimum Gasteiger partial charge on any atom is -0.334 e. The standard InChI is InChI=1S/C18H19N5OS/c1-13-10-22(8-7-19-13)18(24)16-12-25-17(21-16)14-9-20-23(11-14)15-5-3-2-4-6-15/h2-6,9,11-13,19H,7-8,10H2,1H3. The first-order valence-electron chi connectivity index (χ1n) is 8.29. The summed E-state index contributed by atoms with van der Waals surface area (Å²) in [7, 11) is 0. The Balaban J connectivity index is 1.53. The molecular weight excluding hydrogens is 334 g/mol. The van der Waals surface area contributed by atoms with Gasteiger partial charge in [0.1, 0.15) is 10.7 Å². The number of rotatable bonds is 3. The summed E-state index contributed by atoms with van der Waals surface area (Å²) in [5.41, 5.74) is 2.43. The van der Waals surface area contributed by atoms with E-state index in [1.54, 1.807) is 6.20 Å². The van der Waals surface area contributed by atoms with Gasteiger partial charge in [-0.1, -0.05) is 18.2 Å². The topological polar surface area (TPSA) is 63.1 Å². The van der Waals surface area contributed by atoms with E-state index < -0.39 is 0 Å². The molecule has 0 radical (unpaired) electrons. The van der Waals surface area contributed by atoms with Crippen molar-refractivity contribution in [2.45, 2.75) is 13.0 Å². The SMILES string of the molecule is CC1CN(C(=O)c2csc(-c3cnn(-c4ccccc4)c3)n2)CCN1. The van der Waals surface area contributed by atoms with Crippen LogP contribution in [0.2, 0.25) is 0 Å². The summed E-state index contributed by atoms with van der Waals surface area (Å²) in [5, 5.41) is 10.4. The molecule has 1 saturated heterocycles. The van der Waals surface area contributed by atoms with Crippen LogP contribution in [0.25, 0.3) is 16.3 Å². The van der Waals surface area contributed by atoms with Gasteiger partial charge in [-0.2, -0.15) is 5.10 Å². The van der Waals surface area contributed by atoms with E-state index in [1.807, 2.05) is 51.5 Å². The molecule has 1 aliphatic rings. The molecule has 0 bridgehead atoms. The lowest BCUT2D eigenvalue weighted by atomic mass is 10.2. The Morgan fingerprint density at radius 2 is 2.16 bits per heavy atom. The van der Waals surface area contributed by atoms with Crippen LogP contribution < -0.4 is 5.32 Å². The van der Waals surface area contributed by atoms with Crippen molar-refractivity contribution in [3.05, 3.63) is 53.8 Å². The summed E-state index contributed by atoms with van der Waals surface area (Å²) in [6.45, 7) is 4.36. The second-order valence-electron chi connectivity index (χ2n) is 6.15. The second-order valence-corrected chi connectivity index (χ2v) is 7.01. The third kappa shape index (κ3) is 3.33. The van der Waals surface area contributed by atoms with E-state index in [0.29, 0.717) is 11.7 Å². The number of para-hydroxylation sites is 1. The fourth-order valence-electron chi connectivity index (χ4n) is 2.94. The highest BCUT2D eigenvalue weighted by Gasteiger charge is 2.23. The van der Waals surface area contributed by atoms with Gasteiger partial charge in [-0.25, -0.2) is 9.67 Å². The van der Waals surface area contributed by atoms with Crippen LogP contribution in [0, 0.1) is 0 Å². The summed E-state index contributed by atoms with van der Waals surface area (Å²) in [5.74, 6) is 0.00583. The normalized spacial score (nSPS) is 17.6. The van der Waals surface area contributed by atoms with Crippen LogP contribution in [0.4, 0.5) is 0 Å². The maximum atomic E-state index is 12.6. The van der Waals surface area contributed by atoms with Crippen molar-refractivity contribution >= 4 is 17.2 Å². The van der Waals surface area contributed by atoms with Gasteiger partial charge >= 0.3 is 0 Å². The number of hydrogen-bond acceptors (Lipinski definition) is 5. The van der Waals surface area contributed by atoms with E-state index in [0.717, 1.165) is 35.9 Å². The molecule has 128 valence electrons. The van der Waals surface area contributed by atoms with E-state index in [9.17, 15) is 4.79 Å². The van der Waals surface area contributed by atoms with Gasteiger partial charge in [0.25, 0.3) is 5.91 Å². The van der Waals surface area contributed by atoms with E-state index in [2.05, 4.69) is 22.3 Å². The number of amides is 1. The van der Waals surface area contributed by atoms with Crippen molar-refractivity contribution in [2.24, 2.45) is 0 Å². The molecule has 0 aliphatic carbocycles. The number of aromatic nitrogens is 3. The Morgan fingerprint density at radius 1 is 1.32 bits per heavy atom. The molecule has 3 aromatic rings. The van der Waals surface area contributed by atoms with Gasteiger partial charge in [0.05, 0.1) is 11.9 Å². The predicted molar refractivity (Wildman–Crippen MR) is 98.0 cm³/mol. The third-order valence-electron chi connectivity index (χ3n) is 4.23. The molecule has 0 saturated carbocycles. The summed E-state index contributed by atoms with van der Waals surface area (Å²) in [6, 6.07) is 10.2. The fourth-order valence-corrected chi connectivity index (χ4v) is 3.71. The quantitative estimate of drug-likeness (QED) is 0.785. The second kappa shape index (κ2) is 6.78. The number of nitrogens with zero attached hydrogens (tertiary/aromatic N) is 4. The van der Waals surface area contributed by atoms with E-state index in [1.165, 1.54) is 11.3 Å². The van der Waals surface area contributed by atoms with Crippen LogP contribution in [-0.4, -0.2) is 51.2 Å². The van der Waals surface area contributed by atoms with Gasteiger partial charge in [0, 0.05) is 42.8 Å². The van der Waals surface area contributed by atoms with Crippen LogP contribution in [0.5, 0.6) is 0 Å². The third-order valence-corrected chi connectivity index (χ3v) is 5.12. The summed E-state index contributed by atoms with van der Waals surface area (Å²) in [6.07, 6.45) is 3.72. The van der Waals surface area contributed by atoms with Crippen LogP contribution in [0.1, 0.15) is 17.4 Å². The Labute approximate surface area is 150 Å². The van der Waals surface area contributed by atoms with Crippen molar-refractivity contribution in [3.63, 3.8) is 0 Å². The maximum Gasteiger partial charge on any atom is 0.273 e. The van der Waals surface area contributed by atoms with Crippen molar-refractivity contribution in [3.8, 4) is 16.3 Å². The van der Waals surface area contributed by atoms with E-state index in [-0.39, 0.29) is 5.91 Å². The molecule has 0 spiro atoms. The molecule has 4 rings (SSSR count). The summed E-state index contributed by atoms with van der Waals surface area (Å²) in [4.78, 5) is 19.0. The Kier molecular flexibility index (Phi) is 4.33. The first-order chi connectivity index (χ1) is 12.2. The largest absolute Gasteiger partial charge is 0.334 e. The minimum absolute atomic E-state index is 0.00583. The molecule has 1 N–H and O–H groups in total. The molecule has 2 aromatic heterocycles. The van der Waals surface area contributed by atoms with Crippen LogP contribution in [0.3, 0.4) is 0 Å². The molecule has 1 fully saturated rings. The van der Waals surface area contributed by atoms with E-state index in [4.69, 9.17) is 0 Å². The molecule has 1 aromatic carbocycles. The molecular formula is C18H19N5OS. The lowest BCUT2D eigenvalue weighted by Gasteiger charge is -2.31. The lowest BCUT2D eigenvalue weighted by Crippen LogP contribution is -2.51. The van der Waals surface area contributed by atoms with Crippen LogP contribution in [0.15, 0.2) is 48.1 Å². The van der Waals surface area contributed by atoms with Gasteiger partial charge < -0.3 is 10.2 Å². The van der Waals surface area contributed by atoms with Gasteiger partial charge in [0.15, 0.2) is 0 Å². The van der Waals surface area contributed by atoms with Crippen molar-refractivity contribution in [1.82, 2.24) is 25.0 Å². The van der Waals surface area contributed by atoms with E-state index >= 15 is 0 Å². The first kappa shape index (κ1) is 16.0. The number of thiazole rings is 1. The lowest BCUT2D eigenvalue weighted by molar-refractivity contribution is 0.0704. The molecule has 1 aliphatic heterocycles. The average molecular weight is 353 g/mol. The molecule has 25 heavy (non-hydrogen) atoms. The van der Waals surface area contributed by atoms with Crippen molar-refractivity contribution in [2.75, 3.05) is 19.6 Å². The van der Waals surface area contributed by atoms with Gasteiger partial charge in [-0.05, 0) is 19.1 Å². The number of nitrogens with one attached hydrogen (secondary N) is 1. The van der Waals surface area contributed by atoms with Gasteiger partial charge in [-0.15, -0.1) is 11.3 Å². The van der Waals surface area contributed by atoms with Gasteiger partial charge in [0.2, 0.25) is 0 Å². The van der Waals surface area contributed by atoms with Crippen LogP contribution in [-0.2, 0) is 0 Å². The number of piperazine rings is 1.